The zero-order valence-electron chi connectivity index (χ0n) is 13.5. The molecule has 0 aliphatic carbocycles. The first-order valence-electron chi connectivity index (χ1n) is 7.16. The third-order valence-corrected chi connectivity index (χ3v) is 4.05. The number of hydrogen-bond acceptors (Lipinski definition) is 5. The third-order valence-electron chi connectivity index (χ3n) is 3.24. The number of rotatable bonds is 6. The Morgan fingerprint density at radius 3 is 2.68 bits per heavy atom. The molecule has 2 rings (SSSR count). The quantitative estimate of drug-likeness (QED) is 0.400. The van der Waals surface area contributed by atoms with Crippen molar-refractivity contribution in [3.8, 4) is 0 Å². The summed E-state index contributed by atoms with van der Waals surface area (Å²) in [5, 5.41) is 5.78. The number of halogens is 2. The van der Waals surface area contributed by atoms with Crippen LogP contribution in [0.1, 0.15) is 23.7 Å². The van der Waals surface area contributed by atoms with Gasteiger partial charge >= 0.3 is 6.03 Å². The van der Waals surface area contributed by atoms with Gasteiger partial charge in [-0.25, -0.2) is 20.0 Å². The van der Waals surface area contributed by atoms with E-state index in [9.17, 15) is 14.0 Å². The highest BCUT2D eigenvalue weighted by Gasteiger charge is 2.10. The van der Waals surface area contributed by atoms with Gasteiger partial charge in [0.2, 0.25) is 5.91 Å². The van der Waals surface area contributed by atoms with Crippen LogP contribution in [0.15, 0.2) is 23.6 Å². The number of aryl methyl sites for hydroxylation is 2. The minimum Gasteiger partial charge on any atom is -0.350 e. The van der Waals surface area contributed by atoms with Crippen molar-refractivity contribution in [1.82, 2.24) is 9.99 Å². The van der Waals surface area contributed by atoms with Crippen LogP contribution in [0.4, 0.5) is 14.3 Å². The summed E-state index contributed by atoms with van der Waals surface area (Å²) >= 11 is 1.33. The van der Waals surface area contributed by atoms with Crippen molar-refractivity contribution in [2.75, 3.05) is 5.32 Å². The number of nitrogens with zero attached hydrogens (tertiary/aromatic N) is 2. The molecule has 10 heteroatoms. The zero-order valence-corrected chi connectivity index (χ0v) is 15.1. The Labute approximate surface area is 154 Å². The van der Waals surface area contributed by atoms with Crippen molar-refractivity contribution in [2.45, 2.75) is 26.3 Å². The van der Waals surface area contributed by atoms with Crippen molar-refractivity contribution >= 4 is 40.8 Å². The molecule has 0 saturated heterocycles. The summed E-state index contributed by atoms with van der Waals surface area (Å²) in [4.78, 5) is 26.1. The Balaban J connectivity index is 0.00000312. The first kappa shape index (κ1) is 20.8. The molecule has 1 aromatic heterocycles. The lowest BCUT2D eigenvalue weighted by atomic mass is 10.1. The van der Waals surface area contributed by atoms with Gasteiger partial charge in [-0.15, -0.1) is 23.7 Å². The SMILES string of the molecule is CC(=O)Nc1nc(CCc2ccc(CN(N)C(N)=O)cc2F)cs1.Cl. The van der Waals surface area contributed by atoms with Gasteiger partial charge in [-0.1, -0.05) is 12.1 Å². The molecular weight excluding hydrogens is 369 g/mol. The second-order valence-electron chi connectivity index (χ2n) is 5.22. The van der Waals surface area contributed by atoms with Gasteiger partial charge in [0.15, 0.2) is 5.13 Å². The maximum Gasteiger partial charge on any atom is 0.329 e. The van der Waals surface area contributed by atoms with E-state index < -0.39 is 6.03 Å². The molecule has 0 aliphatic heterocycles. The van der Waals surface area contributed by atoms with E-state index in [1.807, 2.05) is 5.38 Å². The molecule has 136 valence electrons. The van der Waals surface area contributed by atoms with E-state index in [1.165, 1.54) is 24.3 Å². The van der Waals surface area contributed by atoms with E-state index in [-0.39, 0.29) is 30.7 Å². The van der Waals surface area contributed by atoms with Gasteiger partial charge in [0.05, 0.1) is 12.2 Å². The number of nitrogens with two attached hydrogens (primary N) is 2. The minimum atomic E-state index is -0.780. The number of hydrogen-bond donors (Lipinski definition) is 3. The summed E-state index contributed by atoms with van der Waals surface area (Å²) in [6, 6.07) is 3.91. The Bertz CT molecular complexity index is 755. The minimum absolute atomic E-state index is 0. The number of amides is 3. The summed E-state index contributed by atoms with van der Waals surface area (Å²) in [7, 11) is 0. The van der Waals surface area contributed by atoms with E-state index in [1.54, 1.807) is 12.1 Å². The van der Waals surface area contributed by atoms with Crippen LogP contribution in [0.5, 0.6) is 0 Å². The fourth-order valence-electron chi connectivity index (χ4n) is 2.06. The molecule has 2 aromatic rings. The molecule has 0 aliphatic rings. The normalized spacial score (nSPS) is 10.0. The monoisotopic (exact) mass is 387 g/mol. The number of carbonyl (C=O) groups excluding carboxylic acids is 2. The summed E-state index contributed by atoms with van der Waals surface area (Å²) in [6.07, 6.45) is 1.02. The second-order valence-corrected chi connectivity index (χ2v) is 6.08. The molecule has 7 nitrogen and oxygen atoms in total. The molecule has 0 spiro atoms. The number of urea groups is 1. The molecule has 0 atom stereocenters. The standard InChI is InChI=1S/C15H18FN5O2S.ClH/c1-9(22)19-15-20-12(8-24-15)5-4-11-3-2-10(6-13(11)16)7-21(18)14(17)23;/h2-3,6,8H,4-5,7,18H2,1H3,(H2,17,23)(H,19,20,22);1H. The number of aromatic nitrogens is 1. The predicted octanol–water partition coefficient (Wildman–Crippen LogP) is 2.20. The van der Waals surface area contributed by atoms with Crippen LogP contribution < -0.4 is 16.9 Å². The van der Waals surface area contributed by atoms with Crippen LogP contribution in [-0.2, 0) is 24.2 Å². The molecule has 0 unspecified atom stereocenters. The van der Waals surface area contributed by atoms with Gasteiger partial charge in [-0.05, 0) is 30.0 Å². The average molecular weight is 388 g/mol. The van der Waals surface area contributed by atoms with E-state index >= 15 is 0 Å². The fourth-order valence-corrected chi connectivity index (χ4v) is 2.85. The highest BCUT2D eigenvalue weighted by molar-refractivity contribution is 7.13. The molecule has 3 amide bonds. The number of hydrazine groups is 1. The maximum atomic E-state index is 14.1. The second kappa shape index (κ2) is 9.30. The van der Waals surface area contributed by atoms with Crippen molar-refractivity contribution in [3.63, 3.8) is 0 Å². The largest absolute Gasteiger partial charge is 0.350 e. The zero-order chi connectivity index (χ0) is 17.7. The van der Waals surface area contributed by atoms with Gasteiger partial charge in [0, 0.05) is 12.3 Å². The summed E-state index contributed by atoms with van der Waals surface area (Å²) in [6.45, 7) is 1.46. The van der Waals surface area contributed by atoms with Crippen molar-refractivity contribution in [3.05, 3.63) is 46.2 Å². The van der Waals surface area contributed by atoms with Crippen LogP contribution in [0.2, 0.25) is 0 Å². The molecule has 0 bridgehead atoms. The number of anilines is 1. The molecule has 25 heavy (non-hydrogen) atoms. The van der Waals surface area contributed by atoms with E-state index in [0.717, 1.165) is 10.7 Å². The molecule has 0 radical (unpaired) electrons. The van der Waals surface area contributed by atoms with Crippen LogP contribution in [0, 0.1) is 5.82 Å². The van der Waals surface area contributed by atoms with Gasteiger partial charge in [-0.3, -0.25) is 9.80 Å². The number of thiazole rings is 1. The molecule has 5 N–H and O–H groups in total. The summed E-state index contributed by atoms with van der Waals surface area (Å²) in [5.41, 5.74) is 6.91. The number of carbonyl (C=O) groups is 2. The lowest BCUT2D eigenvalue weighted by Crippen LogP contribution is -2.40. The van der Waals surface area contributed by atoms with Crippen LogP contribution in [0.3, 0.4) is 0 Å². The average Bonchev–Trinajstić information content (AvgIpc) is 2.93. The maximum absolute atomic E-state index is 14.1. The Morgan fingerprint density at radius 2 is 2.08 bits per heavy atom. The highest BCUT2D eigenvalue weighted by atomic mass is 35.5. The first-order chi connectivity index (χ1) is 11.3. The van der Waals surface area contributed by atoms with E-state index in [2.05, 4.69) is 10.3 Å². The smallest absolute Gasteiger partial charge is 0.329 e. The van der Waals surface area contributed by atoms with Crippen molar-refractivity contribution in [2.24, 2.45) is 11.6 Å². The third kappa shape index (κ3) is 6.29. The van der Waals surface area contributed by atoms with Gasteiger partial charge in [-0.2, -0.15) is 0 Å². The van der Waals surface area contributed by atoms with Gasteiger partial charge in [0.1, 0.15) is 5.82 Å². The van der Waals surface area contributed by atoms with Crippen LogP contribution in [0.25, 0.3) is 0 Å². The van der Waals surface area contributed by atoms with Crippen molar-refractivity contribution < 1.29 is 14.0 Å². The molecule has 1 aromatic carbocycles. The predicted molar refractivity (Wildman–Crippen MR) is 96.8 cm³/mol. The van der Waals surface area contributed by atoms with Crippen LogP contribution >= 0.6 is 23.7 Å². The lowest BCUT2D eigenvalue weighted by molar-refractivity contribution is -0.114. The molecule has 1 heterocycles. The fraction of sp³-hybridized carbons (Fsp3) is 0.267. The molecule has 0 fully saturated rings. The highest BCUT2D eigenvalue weighted by Crippen LogP contribution is 2.18. The summed E-state index contributed by atoms with van der Waals surface area (Å²) in [5.74, 6) is 4.86. The summed E-state index contributed by atoms with van der Waals surface area (Å²) < 4.78 is 14.1. The Hall–Kier alpha value is -2.23. The van der Waals surface area contributed by atoms with Crippen molar-refractivity contribution in [1.29, 1.82) is 0 Å². The number of nitrogens with one attached hydrogen (secondary N) is 1. The number of primary amides is 1. The topological polar surface area (TPSA) is 114 Å². The molecule has 0 saturated carbocycles. The Kier molecular flexibility index (Phi) is 7.75. The van der Waals surface area contributed by atoms with E-state index in [4.69, 9.17) is 11.6 Å². The number of benzene rings is 1. The Morgan fingerprint density at radius 1 is 1.36 bits per heavy atom. The molecular formula is C15H19ClFN5O2S. The van der Waals surface area contributed by atoms with Gasteiger partial charge in [0.25, 0.3) is 0 Å². The first-order valence-corrected chi connectivity index (χ1v) is 8.04. The van der Waals surface area contributed by atoms with E-state index in [0.29, 0.717) is 29.1 Å². The van der Waals surface area contributed by atoms with Crippen LogP contribution in [-0.4, -0.2) is 21.9 Å². The lowest BCUT2D eigenvalue weighted by Gasteiger charge is -2.14. The van der Waals surface area contributed by atoms with Gasteiger partial charge < -0.3 is 11.1 Å².